The van der Waals surface area contributed by atoms with Gasteiger partial charge in [0, 0.05) is 32.7 Å². The third kappa shape index (κ3) is 6.20. The van der Waals surface area contributed by atoms with Crippen LogP contribution in [0.25, 0.3) is 0 Å². The van der Waals surface area contributed by atoms with E-state index in [1.165, 1.54) is 16.8 Å². The smallest absolute Gasteiger partial charge is 0.142 e. The van der Waals surface area contributed by atoms with Gasteiger partial charge in [0.15, 0.2) is 0 Å². The Hall–Kier alpha value is -3.18. The Labute approximate surface area is 197 Å². The van der Waals surface area contributed by atoms with Crippen molar-refractivity contribution in [3.8, 4) is 17.2 Å². The van der Waals surface area contributed by atoms with Gasteiger partial charge in [0.1, 0.15) is 23.9 Å². The van der Waals surface area contributed by atoms with Gasteiger partial charge in [-0.25, -0.2) is 0 Å². The monoisotopic (exact) mass is 446 g/mol. The number of anilines is 1. The summed E-state index contributed by atoms with van der Waals surface area (Å²) in [4.78, 5) is 4.88. The van der Waals surface area contributed by atoms with Crippen molar-refractivity contribution < 1.29 is 14.2 Å². The van der Waals surface area contributed by atoms with Gasteiger partial charge in [-0.15, -0.1) is 0 Å². The van der Waals surface area contributed by atoms with E-state index in [9.17, 15) is 0 Å². The summed E-state index contributed by atoms with van der Waals surface area (Å²) in [6.45, 7) is 5.68. The highest BCUT2D eigenvalue weighted by atomic mass is 16.5. The molecule has 33 heavy (non-hydrogen) atoms. The minimum absolute atomic E-state index is 0.699. The van der Waals surface area contributed by atoms with Crippen LogP contribution < -0.4 is 19.1 Å². The van der Waals surface area contributed by atoms with Crippen molar-refractivity contribution in [1.82, 2.24) is 4.90 Å². The molecule has 1 fully saturated rings. The van der Waals surface area contributed by atoms with E-state index in [1.54, 1.807) is 14.2 Å². The molecule has 0 aromatic heterocycles. The van der Waals surface area contributed by atoms with Crippen molar-refractivity contribution >= 4 is 5.69 Å². The molecule has 5 heteroatoms. The highest BCUT2D eigenvalue weighted by Crippen LogP contribution is 2.28. The minimum atomic E-state index is 0.699. The van der Waals surface area contributed by atoms with Crippen LogP contribution in [0.2, 0.25) is 0 Å². The summed E-state index contributed by atoms with van der Waals surface area (Å²) in [6, 6.07) is 24.9. The van der Waals surface area contributed by atoms with E-state index in [0.29, 0.717) is 6.61 Å². The van der Waals surface area contributed by atoms with Gasteiger partial charge in [0.05, 0.1) is 19.9 Å². The minimum Gasteiger partial charge on any atom is -0.497 e. The Morgan fingerprint density at radius 2 is 1.48 bits per heavy atom. The average molecular weight is 447 g/mol. The topological polar surface area (TPSA) is 34.2 Å². The molecule has 1 saturated heterocycles. The summed E-state index contributed by atoms with van der Waals surface area (Å²) in [5, 5.41) is 0. The van der Waals surface area contributed by atoms with Crippen molar-refractivity contribution in [2.45, 2.75) is 12.8 Å². The number of rotatable bonds is 10. The van der Waals surface area contributed by atoms with Crippen LogP contribution in [0.1, 0.15) is 11.1 Å². The van der Waals surface area contributed by atoms with E-state index in [0.717, 1.165) is 62.8 Å². The molecule has 0 amide bonds. The van der Waals surface area contributed by atoms with E-state index in [2.05, 4.69) is 58.3 Å². The Balaban J connectivity index is 1.25. The summed E-state index contributed by atoms with van der Waals surface area (Å²) in [5.41, 5.74) is 3.71. The Morgan fingerprint density at radius 3 is 2.27 bits per heavy atom. The summed E-state index contributed by atoms with van der Waals surface area (Å²) in [7, 11) is 3.45. The summed E-state index contributed by atoms with van der Waals surface area (Å²) in [5.74, 6) is 2.84. The number of aryl methyl sites for hydroxylation is 2. The molecule has 1 aliphatic heterocycles. The fraction of sp³-hybridized carbons (Fsp3) is 0.357. The molecule has 0 radical (unpaired) electrons. The number of nitrogens with zero attached hydrogens (tertiary/aromatic N) is 2. The lowest BCUT2D eigenvalue weighted by molar-refractivity contribution is 0.199. The molecule has 3 aromatic carbocycles. The highest BCUT2D eigenvalue weighted by Gasteiger charge is 2.19. The number of benzene rings is 3. The lowest BCUT2D eigenvalue weighted by Crippen LogP contribution is -2.47. The Bertz CT molecular complexity index is 1020. The maximum absolute atomic E-state index is 6.22. The van der Waals surface area contributed by atoms with Crippen molar-refractivity contribution in [3.05, 3.63) is 83.9 Å². The molecule has 0 unspecified atom stereocenters. The second kappa shape index (κ2) is 11.6. The van der Waals surface area contributed by atoms with Crippen LogP contribution in [-0.2, 0) is 12.8 Å². The summed E-state index contributed by atoms with van der Waals surface area (Å²) in [6.07, 6.45) is 1.91. The standard InChI is InChI=1S/C28H34N2O3/c1-31-25-10-7-8-23(22-25)14-15-24-9-3-5-12-27(24)33-21-20-29-16-18-30(19-17-29)26-11-4-6-13-28(26)32-2/h3-13,22H,14-21H2,1-2H3. The predicted octanol–water partition coefficient (Wildman–Crippen LogP) is 4.69. The molecule has 1 heterocycles. The molecule has 5 nitrogen and oxygen atoms in total. The fourth-order valence-corrected chi connectivity index (χ4v) is 4.35. The highest BCUT2D eigenvalue weighted by molar-refractivity contribution is 5.58. The predicted molar refractivity (Wildman–Crippen MR) is 134 cm³/mol. The zero-order valence-corrected chi connectivity index (χ0v) is 19.7. The summed E-state index contributed by atoms with van der Waals surface area (Å²) < 4.78 is 17.1. The molecule has 1 aliphatic rings. The second-order valence-electron chi connectivity index (χ2n) is 8.31. The van der Waals surface area contributed by atoms with E-state index in [1.807, 2.05) is 24.3 Å². The second-order valence-corrected chi connectivity index (χ2v) is 8.31. The lowest BCUT2D eigenvalue weighted by atomic mass is 10.0. The first-order valence-corrected chi connectivity index (χ1v) is 11.7. The molecule has 174 valence electrons. The van der Waals surface area contributed by atoms with Crippen molar-refractivity contribution in [2.24, 2.45) is 0 Å². The first kappa shape index (κ1) is 23.0. The zero-order valence-electron chi connectivity index (χ0n) is 19.7. The quantitative estimate of drug-likeness (QED) is 0.451. The summed E-state index contributed by atoms with van der Waals surface area (Å²) >= 11 is 0. The maximum Gasteiger partial charge on any atom is 0.142 e. The molecular formula is C28H34N2O3. The Morgan fingerprint density at radius 1 is 0.727 bits per heavy atom. The number of piperazine rings is 1. The first-order valence-electron chi connectivity index (χ1n) is 11.7. The third-order valence-corrected chi connectivity index (χ3v) is 6.25. The fourth-order valence-electron chi connectivity index (χ4n) is 4.35. The Kier molecular flexibility index (Phi) is 8.09. The number of hydrogen-bond donors (Lipinski definition) is 0. The molecule has 0 N–H and O–H groups in total. The van der Waals surface area contributed by atoms with Gasteiger partial charge in [0.25, 0.3) is 0 Å². The van der Waals surface area contributed by atoms with Crippen LogP contribution in [-0.4, -0.2) is 58.5 Å². The van der Waals surface area contributed by atoms with E-state index in [-0.39, 0.29) is 0 Å². The van der Waals surface area contributed by atoms with Gasteiger partial charge >= 0.3 is 0 Å². The number of ether oxygens (including phenoxy) is 3. The van der Waals surface area contributed by atoms with Crippen LogP contribution in [0.15, 0.2) is 72.8 Å². The normalized spacial score (nSPS) is 14.2. The SMILES string of the molecule is COc1cccc(CCc2ccccc2OCCN2CCN(c3ccccc3OC)CC2)c1. The van der Waals surface area contributed by atoms with Crippen molar-refractivity contribution in [1.29, 1.82) is 0 Å². The molecule has 0 saturated carbocycles. The number of methoxy groups -OCH3 is 2. The average Bonchev–Trinajstić information content (AvgIpc) is 2.88. The zero-order chi connectivity index (χ0) is 22.9. The first-order chi connectivity index (χ1) is 16.3. The van der Waals surface area contributed by atoms with Gasteiger partial charge < -0.3 is 19.1 Å². The molecule has 0 bridgehead atoms. The van der Waals surface area contributed by atoms with Crippen molar-refractivity contribution in [2.75, 3.05) is 58.5 Å². The van der Waals surface area contributed by atoms with Gasteiger partial charge in [-0.3, -0.25) is 4.90 Å². The van der Waals surface area contributed by atoms with Crippen LogP contribution >= 0.6 is 0 Å². The van der Waals surface area contributed by atoms with Crippen LogP contribution in [0.4, 0.5) is 5.69 Å². The van der Waals surface area contributed by atoms with E-state index in [4.69, 9.17) is 14.2 Å². The van der Waals surface area contributed by atoms with Gasteiger partial charge in [-0.2, -0.15) is 0 Å². The lowest BCUT2D eigenvalue weighted by Gasteiger charge is -2.36. The number of para-hydroxylation sites is 3. The van der Waals surface area contributed by atoms with Gasteiger partial charge in [0.2, 0.25) is 0 Å². The van der Waals surface area contributed by atoms with Gasteiger partial charge in [-0.05, 0) is 54.3 Å². The van der Waals surface area contributed by atoms with E-state index < -0.39 is 0 Å². The van der Waals surface area contributed by atoms with Crippen molar-refractivity contribution in [3.63, 3.8) is 0 Å². The van der Waals surface area contributed by atoms with Crippen LogP contribution in [0.3, 0.4) is 0 Å². The number of hydrogen-bond acceptors (Lipinski definition) is 5. The van der Waals surface area contributed by atoms with Crippen LogP contribution in [0, 0.1) is 0 Å². The molecule has 0 aliphatic carbocycles. The largest absolute Gasteiger partial charge is 0.497 e. The maximum atomic E-state index is 6.22. The third-order valence-electron chi connectivity index (χ3n) is 6.25. The van der Waals surface area contributed by atoms with E-state index >= 15 is 0 Å². The van der Waals surface area contributed by atoms with Gasteiger partial charge in [-0.1, -0.05) is 42.5 Å². The van der Waals surface area contributed by atoms with Crippen LogP contribution in [0.5, 0.6) is 17.2 Å². The molecule has 0 spiro atoms. The molecule has 4 rings (SSSR count). The molecule has 3 aromatic rings. The molecular weight excluding hydrogens is 412 g/mol. The molecule has 0 atom stereocenters.